The van der Waals surface area contributed by atoms with Crippen molar-refractivity contribution in [1.82, 2.24) is 4.98 Å². The third-order valence-electron chi connectivity index (χ3n) is 5.85. The van der Waals surface area contributed by atoms with Crippen molar-refractivity contribution < 1.29 is 17.2 Å². The summed E-state index contributed by atoms with van der Waals surface area (Å²) in [6.07, 6.45) is 2.18. The summed E-state index contributed by atoms with van der Waals surface area (Å²) < 4.78 is 28.3. The average molecular weight is 528 g/mol. The van der Waals surface area contributed by atoms with Gasteiger partial charge in [-0.25, -0.2) is 4.98 Å². The van der Waals surface area contributed by atoms with E-state index in [2.05, 4.69) is 15.2 Å². The molecule has 180 valence electrons. The normalized spacial score (nSPS) is 13.9. The summed E-state index contributed by atoms with van der Waals surface area (Å²) in [6.45, 7) is 1.79. The molecule has 0 radical (unpaired) electrons. The standard InChI is InChI=1S/C25H23ClN4O3S2/c26-19-11-8-13-21(24(19)29-15-6-7-16-29)27-23(31)17-34-25-28-20-12-4-5-14-22(20)30(25)35(32,33)18-9-2-1-3-10-18/h1-5,8-14H,6-7,15-17H2,(H,27,31)/p+1. The lowest BCUT2D eigenvalue weighted by Gasteiger charge is -2.22. The minimum absolute atomic E-state index is 0.0169. The fraction of sp³-hybridized carbons (Fsp3) is 0.200. The van der Waals surface area contributed by atoms with Gasteiger partial charge in [-0.3, -0.25) is 4.79 Å². The van der Waals surface area contributed by atoms with E-state index in [1.807, 2.05) is 30.3 Å². The second-order valence-corrected chi connectivity index (χ2v) is 11.4. The van der Waals surface area contributed by atoms with Crippen LogP contribution in [-0.4, -0.2) is 38.2 Å². The van der Waals surface area contributed by atoms with Crippen LogP contribution in [-0.2, 0) is 14.8 Å². The summed E-state index contributed by atoms with van der Waals surface area (Å²) in [5.41, 5.74) is 2.68. The first kappa shape index (κ1) is 23.7. The number of halogens is 1. The summed E-state index contributed by atoms with van der Waals surface area (Å²) in [5, 5.41) is 3.92. The molecule has 0 unspecified atom stereocenters. The summed E-state index contributed by atoms with van der Waals surface area (Å²) in [5.74, 6) is -0.233. The molecule has 2 N–H and O–H groups in total. The number of benzene rings is 3. The van der Waals surface area contributed by atoms with Crippen molar-refractivity contribution in [2.24, 2.45) is 0 Å². The minimum Gasteiger partial charge on any atom is -0.369 e. The van der Waals surface area contributed by atoms with Crippen molar-refractivity contribution in [1.29, 1.82) is 0 Å². The highest BCUT2D eigenvalue weighted by molar-refractivity contribution is 8.00. The molecular formula is C25H24ClN4O3S2+. The Labute approximate surface area is 213 Å². The lowest BCUT2D eigenvalue weighted by Crippen LogP contribution is -2.44. The molecule has 1 aliphatic heterocycles. The van der Waals surface area contributed by atoms with Gasteiger partial charge in [0.1, 0.15) is 4.90 Å². The Morgan fingerprint density at radius 1 is 1.00 bits per heavy atom. The Balaban J connectivity index is 1.41. The quantitative estimate of drug-likeness (QED) is 0.269. The second kappa shape index (κ2) is 9.93. The summed E-state index contributed by atoms with van der Waals surface area (Å²) in [6, 6.07) is 20.9. The third-order valence-corrected chi connectivity index (χ3v) is 8.97. The molecule has 1 fully saturated rings. The van der Waals surface area contributed by atoms with Crippen LogP contribution in [0.5, 0.6) is 0 Å². The lowest BCUT2D eigenvalue weighted by atomic mass is 10.2. The molecule has 0 atom stereocenters. The second-order valence-electron chi connectivity index (χ2n) is 8.20. The maximum absolute atomic E-state index is 13.5. The number of thioether (sulfide) groups is 1. The van der Waals surface area contributed by atoms with Crippen LogP contribution in [0.15, 0.2) is 82.8 Å². The maximum Gasteiger partial charge on any atom is 0.336 e. The van der Waals surface area contributed by atoms with Crippen molar-refractivity contribution in [2.45, 2.75) is 22.9 Å². The maximum atomic E-state index is 13.5. The summed E-state index contributed by atoms with van der Waals surface area (Å²) >= 11 is 7.60. The Morgan fingerprint density at radius 2 is 1.71 bits per heavy atom. The molecular weight excluding hydrogens is 504 g/mol. The molecule has 0 spiro atoms. The molecule has 0 bridgehead atoms. The highest BCUT2D eigenvalue weighted by atomic mass is 35.5. The van der Waals surface area contributed by atoms with Gasteiger partial charge >= 0.3 is 15.2 Å². The largest absolute Gasteiger partial charge is 0.369 e. The molecule has 0 aliphatic carbocycles. The molecule has 7 nitrogen and oxygen atoms in total. The van der Waals surface area contributed by atoms with Gasteiger partial charge in [-0.1, -0.05) is 48.0 Å². The Bertz CT molecular complexity index is 1480. The molecule has 4 aromatic rings. The zero-order valence-electron chi connectivity index (χ0n) is 18.8. The van der Waals surface area contributed by atoms with Crippen LogP contribution in [0.2, 0.25) is 5.02 Å². The number of rotatable bonds is 7. The lowest BCUT2D eigenvalue weighted by molar-refractivity contribution is -0.526. The van der Waals surface area contributed by atoms with E-state index in [9.17, 15) is 13.2 Å². The molecule has 5 rings (SSSR count). The number of nitrogens with one attached hydrogen (secondary N) is 2. The number of amides is 1. The monoisotopic (exact) mass is 527 g/mol. The van der Waals surface area contributed by atoms with E-state index in [-0.39, 0.29) is 16.6 Å². The van der Waals surface area contributed by atoms with Crippen molar-refractivity contribution in [3.63, 3.8) is 0 Å². The number of imidazole rings is 1. The van der Waals surface area contributed by atoms with Gasteiger partial charge in [0.15, 0.2) is 11.0 Å². The van der Waals surface area contributed by atoms with Gasteiger partial charge in [-0.15, -0.1) is 3.97 Å². The van der Waals surface area contributed by atoms with Crippen molar-refractivity contribution in [3.05, 3.63) is 77.8 Å². The van der Waals surface area contributed by atoms with E-state index in [0.717, 1.165) is 43.4 Å². The summed E-state index contributed by atoms with van der Waals surface area (Å²) in [7, 11) is -3.87. The van der Waals surface area contributed by atoms with E-state index in [0.29, 0.717) is 26.9 Å². The highest BCUT2D eigenvalue weighted by Gasteiger charge is 2.32. The van der Waals surface area contributed by atoms with E-state index in [1.165, 1.54) is 3.97 Å². The van der Waals surface area contributed by atoms with Crippen LogP contribution in [0.1, 0.15) is 12.8 Å². The predicted molar refractivity (Wildman–Crippen MR) is 140 cm³/mol. The SMILES string of the molecule is O=C(CSc1[nH]c2ccccc2[n+]1S(=O)(=O)c1ccccc1)Nc1cccc(Cl)c1N1CCCC1. The molecule has 1 saturated heterocycles. The molecule has 1 aliphatic rings. The molecule has 1 aromatic heterocycles. The van der Waals surface area contributed by atoms with E-state index in [4.69, 9.17) is 11.6 Å². The van der Waals surface area contributed by atoms with Crippen LogP contribution in [0, 0.1) is 0 Å². The average Bonchev–Trinajstić information content (AvgIpc) is 3.51. The fourth-order valence-corrected chi connectivity index (χ4v) is 7.14. The van der Waals surface area contributed by atoms with E-state index < -0.39 is 10.0 Å². The molecule has 1 amide bonds. The number of nitrogens with zero attached hydrogens (tertiary/aromatic N) is 2. The third kappa shape index (κ3) is 4.76. The number of para-hydroxylation sites is 3. The zero-order chi connectivity index (χ0) is 24.4. The van der Waals surface area contributed by atoms with Crippen LogP contribution in [0.25, 0.3) is 11.0 Å². The zero-order valence-corrected chi connectivity index (χ0v) is 21.2. The van der Waals surface area contributed by atoms with Gasteiger partial charge < -0.3 is 10.2 Å². The van der Waals surface area contributed by atoms with Gasteiger partial charge in [0, 0.05) is 13.1 Å². The number of H-pyrrole nitrogens is 1. The number of hydrogen-bond acceptors (Lipinski definition) is 5. The van der Waals surface area contributed by atoms with Crippen molar-refractivity contribution in [3.8, 4) is 0 Å². The van der Waals surface area contributed by atoms with Crippen LogP contribution >= 0.6 is 23.4 Å². The first-order valence-corrected chi connectivity index (χ1v) is 14.0. The number of anilines is 2. The van der Waals surface area contributed by atoms with Gasteiger partial charge in [-0.05, 0) is 61.0 Å². The smallest absolute Gasteiger partial charge is 0.336 e. The van der Waals surface area contributed by atoms with Gasteiger partial charge in [0.2, 0.25) is 5.91 Å². The number of aromatic amines is 1. The van der Waals surface area contributed by atoms with Gasteiger partial charge in [-0.2, -0.15) is 8.42 Å². The summed E-state index contributed by atoms with van der Waals surface area (Å²) in [4.78, 5) is 18.5. The van der Waals surface area contributed by atoms with Crippen LogP contribution in [0.3, 0.4) is 0 Å². The van der Waals surface area contributed by atoms with Crippen molar-refractivity contribution >= 4 is 61.7 Å². The Kier molecular flexibility index (Phi) is 6.73. The molecule has 3 aromatic carbocycles. The predicted octanol–water partition coefficient (Wildman–Crippen LogP) is 4.68. The van der Waals surface area contributed by atoms with Gasteiger partial charge in [0.25, 0.3) is 0 Å². The Hall–Kier alpha value is -3.01. The number of hydrogen-bond donors (Lipinski definition) is 2. The minimum atomic E-state index is -3.87. The van der Waals surface area contributed by atoms with Crippen LogP contribution in [0.4, 0.5) is 11.4 Å². The number of carbonyl (C=O) groups excluding carboxylic acids is 1. The number of aromatic nitrogens is 2. The molecule has 10 heteroatoms. The fourth-order valence-electron chi connectivity index (χ4n) is 4.26. The first-order chi connectivity index (χ1) is 16.9. The molecule has 35 heavy (non-hydrogen) atoms. The first-order valence-electron chi connectivity index (χ1n) is 11.2. The number of carbonyl (C=O) groups is 1. The highest BCUT2D eigenvalue weighted by Crippen LogP contribution is 2.36. The topological polar surface area (TPSA) is 86.1 Å². The number of fused-ring (bicyclic) bond motifs is 1. The van der Waals surface area contributed by atoms with Crippen molar-refractivity contribution in [2.75, 3.05) is 29.1 Å². The molecule has 2 heterocycles. The van der Waals surface area contributed by atoms with E-state index >= 15 is 0 Å². The van der Waals surface area contributed by atoms with Crippen LogP contribution < -0.4 is 14.2 Å². The molecule has 0 saturated carbocycles. The van der Waals surface area contributed by atoms with E-state index in [1.54, 1.807) is 42.5 Å². The Morgan fingerprint density at radius 3 is 2.49 bits per heavy atom. The van der Waals surface area contributed by atoms with Gasteiger partial charge in [0.05, 0.1) is 22.2 Å².